The molecule has 0 fully saturated rings. The van der Waals surface area contributed by atoms with E-state index in [1.807, 2.05) is 61.5 Å². The van der Waals surface area contributed by atoms with Crippen LogP contribution in [0.25, 0.3) is 0 Å². The lowest BCUT2D eigenvalue weighted by Gasteiger charge is -2.13. The molecule has 0 saturated carbocycles. The molecular weight excluding hydrogens is 264 g/mol. The maximum atomic E-state index is 10.9. The van der Waals surface area contributed by atoms with E-state index < -0.39 is 5.97 Å². The van der Waals surface area contributed by atoms with E-state index in [0.717, 1.165) is 16.9 Å². The van der Waals surface area contributed by atoms with E-state index in [9.17, 15) is 4.79 Å². The minimum atomic E-state index is -0.966. The zero-order valence-electron chi connectivity index (χ0n) is 12.0. The van der Waals surface area contributed by atoms with Crippen LogP contribution in [-0.4, -0.2) is 11.1 Å². The summed E-state index contributed by atoms with van der Waals surface area (Å²) in [6, 6.07) is 17.4. The number of hydrogen-bond acceptors (Lipinski definition) is 2. The number of ether oxygens (including phenoxy) is 1. The van der Waals surface area contributed by atoms with Crippen molar-refractivity contribution < 1.29 is 14.6 Å². The summed E-state index contributed by atoms with van der Waals surface area (Å²) in [5.41, 5.74) is 2.21. The van der Waals surface area contributed by atoms with Crippen LogP contribution in [0.15, 0.2) is 66.7 Å². The maximum Gasteiger partial charge on any atom is 0.331 e. The average Bonchev–Trinajstić information content (AvgIpc) is 2.53. The van der Waals surface area contributed by atoms with Crippen molar-refractivity contribution in [2.24, 2.45) is 0 Å². The van der Waals surface area contributed by atoms with E-state index in [0.29, 0.717) is 6.61 Å². The Morgan fingerprint density at radius 3 is 2.33 bits per heavy atom. The second kappa shape index (κ2) is 6.75. The Hall–Kier alpha value is -2.55. The van der Waals surface area contributed by atoms with Gasteiger partial charge in [-0.3, -0.25) is 0 Å². The summed E-state index contributed by atoms with van der Waals surface area (Å²) in [5.74, 6) is -0.423. The number of carboxylic acids is 1. The lowest BCUT2D eigenvalue weighted by atomic mass is 9.94. The molecule has 0 bridgehead atoms. The number of aliphatic carboxylic acids is 1. The van der Waals surface area contributed by atoms with Crippen molar-refractivity contribution in [3.63, 3.8) is 0 Å². The Morgan fingerprint density at radius 1 is 1.14 bits per heavy atom. The summed E-state index contributed by atoms with van der Waals surface area (Å²) in [7, 11) is 0. The SMILES string of the molecule is C=C(C(=O)O)C(C)c1ccc(OCc2ccccc2)cc1. The highest BCUT2D eigenvalue weighted by molar-refractivity contribution is 5.87. The highest BCUT2D eigenvalue weighted by Gasteiger charge is 2.15. The van der Waals surface area contributed by atoms with Crippen molar-refractivity contribution in [2.45, 2.75) is 19.4 Å². The molecule has 2 aromatic carbocycles. The van der Waals surface area contributed by atoms with Crippen LogP contribution in [0, 0.1) is 0 Å². The van der Waals surface area contributed by atoms with E-state index in [4.69, 9.17) is 9.84 Å². The van der Waals surface area contributed by atoms with Crippen LogP contribution in [0.5, 0.6) is 5.75 Å². The van der Waals surface area contributed by atoms with Crippen molar-refractivity contribution in [1.29, 1.82) is 0 Å². The summed E-state index contributed by atoms with van der Waals surface area (Å²) in [6.45, 7) is 5.94. The Morgan fingerprint density at radius 2 is 1.76 bits per heavy atom. The van der Waals surface area contributed by atoms with Crippen LogP contribution in [0.2, 0.25) is 0 Å². The second-order valence-corrected chi connectivity index (χ2v) is 4.90. The molecule has 1 unspecified atom stereocenters. The fourth-order valence-electron chi connectivity index (χ4n) is 1.98. The van der Waals surface area contributed by atoms with Crippen LogP contribution >= 0.6 is 0 Å². The van der Waals surface area contributed by atoms with Gasteiger partial charge in [0, 0.05) is 11.5 Å². The number of benzene rings is 2. The summed E-state index contributed by atoms with van der Waals surface area (Å²) in [5, 5.41) is 8.95. The lowest BCUT2D eigenvalue weighted by Crippen LogP contribution is -2.07. The first-order chi connectivity index (χ1) is 10.1. The minimum Gasteiger partial charge on any atom is -0.489 e. The molecule has 0 aromatic heterocycles. The first-order valence-corrected chi connectivity index (χ1v) is 6.76. The van der Waals surface area contributed by atoms with Gasteiger partial charge in [0.15, 0.2) is 0 Å². The van der Waals surface area contributed by atoms with Crippen molar-refractivity contribution in [2.75, 3.05) is 0 Å². The molecule has 0 aliphatic heterocycles. The Bertz CT molecular complexity index is 615. The lowest BCUT2D eigenvalue weighted by molar-refractivity contribution is -0.132. The molecular formula is C18H18O3. The largest absolute Gasteiger partial charge is 0.489 e. The molecule has 2 rings (SSSR count). The van der Waals surface area contributed by atoms with Gasteiger partial charge in [-0.25, -0.2) is 4.79 Å². The summed E-state index contributed by atoms with van der Waals surface area (Å²) >= 11 is 0. The maximum absolute atomic E-state index is 10.9. The highest BCUT2D eigenvalue weighted by atomic mass is 16.5. The molecule has 0 saturated heterocycles. The van der Waals surface area contributed by atoms with Crippen LogP contribution in [0.3, 0.4) is 0 Å². The topological polar surface area (TPSA) is 46.5 Å². The molecule has 2 aromatic rings. The number of hydrogen-bond donors (Lipinski definition) is 1. The zero-order chi connectivity index (χ0) is 15.2. The molecule has 3 heteroatoms. The van der Waals surface area contributed by atoms with Gasteiger partial charge in [0.2, 0.25) is 0 Å². The molecule has 0 aliphatic carbocycles. The van der Waals surface area contributed by atoms with Gasteiger partial charge in [0.25, 0.3) is 0 Å². The molecule has 0 aliphatic rings. The zero-order valence-corrected chi connectivity index (χ0v) is 12.0. The quantitative estimate of drug-likeness (QED) is 0.814. The van der Waals surface area contributed by atoms with Gasteiger partial charge in [0.1, 0.15) is 12.4 Å². The summed E-state index contributed by atoms with van der Waals surface area (Å²) in [6.07, 6.45) is 0. The molecule has 108 valence electrons. The number of carboxylic acid groups (broad SMARTS) is 1. The van der Waals surface area contributed by atoms with Crippen molar-refractivity contribution in [1.82, 2.24) is 0 Å². The van der Waals surface area contributed by atoms with Crippen molar-refractivity contribution in [3.8, 4) is 5.75 Å². The van der Waals surface area contributed by atoms with E-state index >= 15 is 0 Å². The molecule has 0 radical (unpaired) electrons. The van der Waals surface area contributed by atoms with E-state index in [2.05, 4.69) is 6.58 Å². The van der Waals surface area contributed by atoms with E-state index in [1.165, 1.54) is 0 Å². The normalized spacial score (nSPS) is 11.7. The molecule has 21 heavy (non-hydrogen) atoms. The van der Waals surface area contributed by atoms with Crippen LogP contribution in [0.1, 0.15) is 24.0 Å². The monoisotopic (exact) mass is 282 g/mol. The number of carbonyl (C=O) groups is 1. The van der Waals surface area contributed by atoms with Gasteiger partial charge >= 0.3 is 5.97 Å². The molecule has 0 amide bonds. The van der Waals surface area contributed by atoms with Gasteiger partial charge < -0.3 is 9.84 Å². The number of rotatable bonds is 6. The first-order valence-electron chi connectivity index (χ1n) is 6.76. The van der Waals surface area contributed by atoms with Crippen LogP contribution < -0.4 is 4.74 Å². The van der Waals surface area contributed by atoms with Gasteiger partial charge in [-0.1, -0.05) is 56.0 Å². The average molecular weight is 282 g/mol. The third-order valence-corrected chi connectivity index (χ3v) is 3.43. The van der Waals surface area contributed by atoms with Gasteiger partial charge in [0.05, 0.1) is 0 Å². The standard InChI is InChI=1S/C18H18O3/c1-13(14(2)18(19)20)16-8-10-17(11-9-16)21-12-15-6-4-3-5-7-15/h3-11,13H,2,12H2,1H3,(H,19,20). The highest BCUT2D eigenvalue weighted by Crippen LogP contribution is 2.25. The van der Waals surface area contributed by atoms with Gasteiger partial charge in [-0.2, -0.15) is 0 Å². The van der Waals surface area contributed by atoms with Crippen molar-refractivity contribution in [3.05, 3.63) is 77.9 Å². The van der Waals surface area contributed by atoms with Crippen molar-refractivity contribution >= 4 is 5.97 Å². The van der Waals surface area contributed by atoms with E-state index in [-0.39, 0.29) is 11.5 Å². The van der Waals surface area contributed by atoms with Crippen LogP contribution in [-0.2, 0) is 11.4 Å². The van der Waals surface area contributed by atoms with Gasteiger partial charge in [-0.05, 0) is 23.3 Å². The van der Waals surface area contributed by atoms with E-state index in [1.54, 1.807) is 0 Å². The Kier molecular flexibility index (Phi) is 4.77. The predicted octanol–water partition coefficient (Wildman–Crippen LogP) is 4.01. The molecule has 0 heterocycles. The third kappa shape index (κ3) is 3.96. The second-order valence-electron chi connectivity index (χ2n) is 4.90. The fourth-order valence-corrected chi connectivity index (χ4v) is 1.98. The fraction of sp³-hybridized carbons (Fsp3) is 0.167. The summed E-state index contributed by atoms with van der Waals surface area (Å²) < 4.78 is 5.70. The molecule has 1 N–H and O–H groups in total. The Labute approximate surface area is 124 Å². The third-order valence-electron chi connectivity index (χ3n) is 3.43. The molecule has 3 nitrogen and oxygen atoms in total. The van der Waals surface area contributed by atoms with Crippen LogP contribution in [0.4, 0.5) is 0 Å². The first kappa shape index (κ1) is 14.9. The Balaban J connectivity index is 1.99. The summed E-state index contributed by atoms with van der Waals surface area (Å²) in [4.78, 5) is 10.9. The minimum absolute atomic E-state index is 0.188. The molecule has 0 spiro atoms. The van der Waals surface area contributed by atoms with Gasteiger partial charge in [-0.15, -0.1) is 0 Å². The predicted molar refractivity (Wildman–Crippen MR) is 82.4 cm³/mol. The smallest absolute Gasteiger partial charge is 0.331 e. The molecule has 1 atom stereocenters.